The van der Waals surface area contributed by atoms with Crippen LogP contribution in [0.3, 0.4) is 0 Å². The highest BCUT2D eigenvalue weighted by Gasteiger charge is 2.26. The van der Waals surface area contributed by atoms with Gasteiger partial charge in [-0.3, -0.25) is 9.59 Å². The minimum Gasteiger partial charge on any atom is -0.375 e. The number of hydrogen-bond donors (Lipinski definition) is 3. The van der Waals surface area contributed by atoms with Crippen LogP contribution in [-0.4, -0.2) is 33.3 Å². The molecule has 3 N–H and O–H groups in total. The molecular weight excluding hydrogens is 557 g/mol. The SMILES string of the molecule is O=C(CNc1ccc(Cl)c(S(=O)(=O)c2ccccc2)c1Cl)Nc1ccccc1C(=O)NCCc1ccccc1. The van der Waals surface area contributed by atoms with Crippen LogP contribution < -0.4 is 16.0 Å². The molecule has 0 aliphatic carbocycles. The Morgan fingerprint density at radius 2 is 1.38 bits per heavy atom. The van der Waals surface area contributed by atoms with E-state index in [1.165, 1.54) is 24.3 Å². The van der Waals surface area contributed by atoms with E-state index in [2.05, 4.69) is 16.0 Å². The maximum atomic E-state index is 13.2. The van der Waals surface area contributed by atoms with Crippen LogP contribution in [0.1, 0.15) is 15.9 Å². The molecule has 0 aliphatic heterocycles. The predicted molar refractivity (Wildman–Crippen MR) is 154 cm³/mol. The third-order valence-electron chi connectivity index (χ3n) is 5.80. The zero-order valence-electron chi connectivity index (χ0n) is 20.7. The van der Waals surface area contributed by atoms with Gasteiger partial charge in [0.05, 0.1) is 38.4 Å². The van der Waals surface area contributed by atoms with E-state index in [-0.39, 0.29) is 38.0 Å². The maximum Gasteiger partial charge on any atom is 0.253 e. The first-order valence-corrected chi connectivity index (χ1v) is 14.2. The van der Waals surface area contributed by atoms with Crippen molar-refractivity contribution in [2.75, 3.05) is 23.7 Å². The van der Waals surface area contributed by atoms with Crippen LogP contribution in [0.25, 0.3) is 0 Å². The second kappa shape index (κ2) is 12.8. The number of amides is 2. The Balaban J connectivity index is 1.42. The number of anilines is 2. The molecule has 200 valence electrons. The van der Waals surface area contributed by atoms with Crippen LogP contribution in [0.2, 0.25) is 10.0 Å². The molecule has 0 saturated heterocycles. The van der Waals surface area contributed by atoms with Gasteiger partial charge >= 0.3 is 0 Å². The van der Waals surface area contributed by atoms with Crippen molar-refractivity contribution in [3.8, 4) is 0 Å². The van der Waals surface area contributed by atoms with Gasteiger partial charge < -0.3 is 16.0 Å². The van der Waals surface area contributed by atoms with Gasteiger partial charge in [-0.25, -0.2) is 8.42 Å². The number of hydrogen-bond acceptors (Lipinski definition) is 5. The summed E-state index contributed by atoms with van der Waals surface area (Å²) < 4.78 is 26.3. The average Bonchev–Trinajstić information content (AvgIpc) is 2.94. The van der Waals surface area contributed by atoms with Gasteiger partial charge in [-0.05, 0) is 48.4 Å². The van der Waals surface area contributed by atoms with Crippen LogP contribution in [0, 0.1) is 0 Å². The zero-order valence-corrected chi connectivity index (χ0v) is 23.0. The Kier molecular flexibility index (Phi) is 9.24. The molecule has 0 aromatic heterocycles. The summed E-state index contributed by atoms with van der Waals surface area (Å²) in [6.07, 6.45) is 0.675. The number of nitrogens with one attached hydrogen (secondary N) is 3. The number of para-hydroxylation sites is 1. The Labute approximate surface area is 237 Å². The van der Waals surface area contributed by atoms with Crippen LogP contribution in [0.15, 0.2) is 107 Å². The van der Waals surface area contributed by atoms with E-state index in [4.69, 9.17) is 23.2 Å². The summed E-state index contributed by atoms with van der Waals surface area (Å²) in [7, 11) is -4.00. The van der Waals surface area contributed by atoms with Gasteiger partial charge in [0.2, 0.25) is 15.7 Å². The number of carbonyl (C=O) groups is 2. The largest absolute Gasteiger partial charge is 0.375 e. The molecule has 0 bridgehead atoms. The summed E-state index contributed by atoms with van der Waals surface area (Å²) in [4.78, 5) is 25.3. The standard InChI is InChI=1S/C29H25Cl2N3O4S/c30-23-15-16-25(27(31)28(23)39(37,38)21-11-5-2-6-12-21)33-19-26(35)34-24-14-8-7-13-22(24)29(36)32-18-17-20-9-3-1-4-10-20/h1-16,33H,17-19H2,(H,32,36)(H,34,35). The lowest BCUT2D eigenvalue weighted by Gasteiger charge is -2.15. The molecule has 7 nitrogen and oxygen atoms in total. The Morgan fingerprint density at radius 1 is 0.744 bits per heavy atom. The van der Waals surface area contributed by atoms with E-state index in [0.717, 1.165) is 5.56 Å². The van der Waals surface area contributed by atoms with Crippen LogP contribution in [0.4, 0.5) is 11.4 Å². The molecule has 4 aromatic rings. The van der Waals surface area contributed by atoms with Crippen molar-refractivity contribution in [2.45, 2.75) is 16.2 Å². The summed E-state index contributed by atoms with van der Waals surface area (Å²) in [6.45, 7) is 0.201. The number of rotatable bonds is 10. The van der Waals surface area contributed by atoms with E-state index in [1.54, 1.807) is 42.5 Å². The second-order valence-corrected chi connectivity index (χ2v) is 11.2. The third-order valence-corrected chi connectivity index (χ3v) is 8.58. The van der Waals surface area contributed by atoms with Gasteiger partial charge in [0.25, 0.3) is 5.91 Å². The van der Waals surface area contributed by atoms with Gasteiger partial charge in [0.1, 0.15) is 4.90 Å². The summed E-state index contributed by atoms with van der Waals surface area (Å²) in [5.74, 6) is -0.774. The lowest BCUT2D eigenvalue weighted by Crippen LogP contribution is -2.28. The minimum atomic E-state index is -4.00. The molecule has 2 amide bonds. The predicted octanol–water partition coefficient (Wildman–Crippen LogP) is 5.85. The Hall–Kier alpha value is -3.85. The first-order valence-electron chi connectivity index (χ1n) is 12.0. The Bertz CT molecular complexity index is 1580. The van der Waals surface area contributed by atoms with Crippen molar-refractivity contribution in [1.82, 2.24) is 5.32 Å². The molecule has 4 aromatic carbocycles. The highest BCUT2D eigenvalue weighted by molar-refractivity contribution is 7.91. The van der Waals surface area contributed by atoms with Gasteiger partial charge in [0, 0.05) is 6.54 Å². The molecule has 0 aliphatic rings. The quantitative estimate of drug-likeness (QED) is 0.218. The van der Waals surface area contributed by atoms with Gasteiger partial charge in [0.15, 0.2) is 0 Å². The second-order valence-electron chi connectivity index (χ2n) is 8.49. The van der Waals surface area contributed by atoms with E-state index < -0.39 is 15.7 Å². The number of sulfone groups is 1. The van der Waals surface area contributed by atoms with E-state index >= 15 is 0 Å². The topological polar surface area (TPSA) is 104 Å². The highest BCUT2D eigenvalue weighted by Crippen LogP contribution is 2.38. The molecule has 0 spiro atoms. The number of carbonyl (C=O) groups excluding carboxylic acids is 2. The van der Waals surface area contributed by atoms with Gasteiger partial charge in [-0.15, -0.1) is 0 Å². The van der Waals surface area contributed by atoms with E-state index in [1.807, 2.05) is 30.3 Å². The van der Waals surface area contributed by atoms with Gasteiger partial charge in [-0.1, -0.05) is 83.9 Å². The molecule has 0 atom stereocenters. The van der Waals surface area contributed by atoms with Crippen molar-refractivity contribution in [2.24, 2.45) is 0 Å². The molecule has 0 unspecified atom stereocenters. The van der Waals surface area contributed by atoms with Crippen molar-refractivity contribution >= 4 is 56.2 Å². The molecule has 0 saturated carbocycles. The fraction of sp³-hybridized carbons (Fsp3) is 0.103. The van der Waals surface area contributed by atoms with E-state index in [0.29, 0.717) is 24.2 Å². The fourth-order valence-electron chi connectivity index (χ4n) is 3.85. The molecule has 0 fully saturated rings. The molecule has 10 heteroatoms. The zero-order chi connectivity index (χ0) is 27.8. The molecule has 0 heterocycles. The van der Waals surface area contributed by atoms with Crippen molar-refractivity contribution in [3.05, 3.63) is 118 Å². The smallest absolute Gasteiger partial charge is 0.253 e. The monoisotopic (exact) mass is 581 g/mol. The Morgan fingerprint density at radius 3 is 2.10 bits per heavy atom. The lowest BCUT2D eigenvalue weighted by atomic mass is 10.1. The molecule has 0 radical (unpaired) electrons. The molecule has 39 heavy (non-hydrogen) atoms. The minimum absolute atomic E-state index is 0.0361. The fourth-order valence-corrected chi connectivity index (χ4v) is 6.32. The first-order chi connectivity index (χ1) is 18.8. The number of halogens is 2. The molecular formula is C29H25Cl2N3O4S. The average molecular weight is 583 g/mol. The maximum absolute atomic E-state index is 13.2. The summed E-state index contributed by atoms with van der Waals surface area (Å²) in [6, 6.07) is 27.2. The van der Waals surface area contributed by atoms with Gasteiger partial charge in [-0.2, -0.15) is 0 Å². The normalized spacial score (nSPS) is 11.0. The van der Waals surface area contributed by atoms with Crippen molar-refractivity contribution in [3.63, 3.8) is 0 Å². The summed E-state index contributed by atoms with van der Waals surface area (Å²) >= 11 is 12.7. The van der Waals surface area contributed by atoms with Crippen molar-refractivity contribution in [1.29, 1.82) is 0 Å². The first kappa shape index (κ1) is 28.2. The highest BCUT2D eigenvalue weighted by atomic mass is 35.5. The van der Waals surface area contributed by atoms with Crippen LogP contribution in [0.5, 0.6) is 0 Å². The lowest BCUT2D eigenvalue weighted by molar-refractivity contribution is -0.114. The van der Waals surface area contributed by atoms with Crippen LogP contribution >= 0.6 is 23.2 Å². The number of benzene rings is 4. The van der Waals surface area contributed by atoms with Crippen LogP contribution in [-0.2, 0) is 21.1 Å². The summed E-state index contributed by atoms with van der Waals surface area (Å²) in [5, 5.41) is 8.29. The third kappa shape index (κ3) is 6.97. The van der Waals surface area contributed by atoms with Crippen molar-refractivity contribution < 1.29 is 18.0 Å². The molecule has 4 rings (SSSR count). The van der Waals surface area contributed by atoms with E-state index in [9.17, 15) is 18.0 Å². The summed E-state index contributed by atoms with van der Waals surface area (Å²) in [5.41, 5.74) is 1.99.